The predicted octanol–water partition coefficient (Wildman–Crippen LogP) is 2.23. The molecule has 2 unspecified atom stereocenters. The van der Waals surface area contributed by atoms with Crippen LogP contribution >= 0.6 is 0 Å². The van der Waals surface area contributed by atoms with Crippen molar-refractivity contribution in [2.45, 2.75) is 32.9 Å². The van der Waals surface area contributed by atoms with Crippen molar-refractivity contribution in [3.63, 3.8) is 0 Å². The van der Waals surface area contributed by atoms with Crippen molar-refractivity contribution in [3.05, 3.63) is 33.9 Å². The first-order valence-corrected chi connectivity index (χ1v) is 7.43. The number of aliphatic hydroxyl groups excluding tert-OH is 1. The molecule has 2 N–H and O–H groups in total. The molecule has 0 saturated carbocycles. The number of aliphatic hydroxyl groups is 1. The molecule has 0 bridgehead atoms. The van der Waals surface area contributed by atoms with Crippen LogP contribution in [0.25, 0.3) is 0 Å². The van der Waals surface area contributed by atoms with Crippen LogP contribution in [0, 0.1) is 16.0 Å². The van der Waals surface area contributed by atoms with E-state index in [0.29, 0.717) is 31.2 Å². The summed E-state index contributed by atoms with van der Waals surface area (Å²) in [6.45, 7) is 6.76. The Morgan fingerprint density at radius 2 is 2.29 bits per heavy atom. The highest BCUT2D eigenvalue weighted by molar-refractivity contribution is 5.66. The Bertz CT molecular complexity index is 507. The number of anilines is 1. The molecule has 1 aromatic rings. The first-order valence-electron chi connectivity index (χ1n) is 7.43. The third kappa shape index (κ3) is 3.71. The van der Waals surface area contributed by atoms with Crippen LogP contribution in [0.15, 0.2) is 18.2 Å². The number of hydrogen-bond donors (Lipinski definition) is 2. The molecule has 6 nitrogen and oxygen atoms in total. The molecule has 6 heteroatoms. The average molecular weight is 293 g/mol. The quantitative estimate of drug-likeness (QED) is 0.643. The molecule has 0 aliphatic carbocycles. The predicted molar refractivity (Wildman–Crippen MR) is 82.3 cm³/mol. The molecule has 1 fully saturated rings. The topological polar surface area (TPSA) is 78.6 Å². The number of β-amino-alcohol motifs (C(OH)–C–C–N with tert-alkyl or cyclic N) is 1. The second-order valence-corrected chi connectivity index (χ2v) is 5.67. The zero-order valence-electron chi connectivity index (χ0n) is 12.6. The van der Waals surface area contributed by atoms with E-state index in [-0.39, 0.29) is 16.7 Å². The molecule has 21 heavy (non-hydrogen) atoms. The Kier molecular flexibility index (Phi) is 5.14. The minimum absolute atomic E-state index is 0.111. The number of likely N-dealkylation sites (tertiary alicyclic amines) is 1. The highest BCUT2D eigenvalue weighted by Gasteiger charge is 2.25. The highest BCUT2D eigenvalue weighted by Crippen LogP contribution is 2.30. The molecule has 1 saturated heterocycles. The number of nitrogens with one attached hydrogen (secondary N) is 1. The van der Waals surface area contributed by atoms with Gasteiger partial charge in [0.2, 0.25) is 0 Å². The second-order valence-electron chi connectivity index (χ2n) is 5.67. The number of hydrogen-bond acceptors (Lipinski definition) is 5. The Labute approximate surface area is 124 Å². The number of nitro groups is 1. The van der Waals surface area contributed by atoms with E-state index >= 15 is 0 Å². The van der Waals surface area contributed by atoms with E-state index in [9.17, 15) is 15.2 Å². The molecular formula is C15H23N3O3. The fourth-order valence-electron chi connectivity index (χ4n) is 2.75. The standard InChI is InChI=1S/C15H23N3O3/c1-3-16-15-12(5-4-6-13(15)18(20)21)9-17-8-7-11(2)14(19)10-17/h4-6,11,14,16,19H,3,7-10H2,1-2H3. The van der Waals surface area contributed by atoms with E-state index in [1.165, 1.54) is 6.07 Å². The third-order valence-electron chi connectivity index (χ3n) is 4.08. The normalized spacial score (nSPS) is 23.0. The van der Waals surface area contributed by atoms with Gasteiger partial charge in [0.1, 0.15) is 5.69 Å². The Morgan fingerprint density at radius 1 is 1.52 bits per heavy atom. The van der Waals surface area contributed by atoms with Crippen molar-refractivity contribution in [2.75, 3.05) is 25.0 Å². The number of nitro benzene ring substituents is 1. The van der Waals surface area contributed by atoms with E-state index < -0.39 is 0 Å². The third-order valence-corrected chi connectivity index (χ3v) is 4.08. The summed E-state index contributed by atoms with van der Waals surface area (Å²) < 4.78 is 0. The summed E-state index contributed by atoms with van der Waals surface area (Å²) >= 11 is 0. The maximum atomic E-state index is 11.1. The number of benzene rings is 1. The minimum atomic E-state index is -0.353. The van der Waals surface area contributed by atoms with E-state index in [1.807, 2.05) is 13.0 Å². The van der Waals surface area contributed by atoms with Gasteiger partial charge < -0.3 is 10.4 Å². The SMILES string of the molecule is CCNc1c(CN2CCC(C)C(O)C2)cccc1[N+](=O)[O-]. The highest BCUT2D eigenvalue weighted by atomic mass is 16.6. The van der Waals surface area contributed by atoms with Crippen molar-refractivity contribution in [2.24, 2.45) is 5.92 Å². The van der Waals surface area contributed by atoms with Crippen molar-refractivity contribution in [1.82, 2.24) is 4.90 Å². The van der Waals surface area contributed by atoms with Gasteiger partial charge in [-0.05, 0) is 31.4 Å². The lowest BCUT2D eigenvalue weighted by Gasteiger charge is -2.34. The molecule has 0 amide bonds. The molecule has 0 radical (unpaired) electrons. The van der Waals surface area contributed by atoms with Gasteiger partial charge in [-0.2, -0.15) is 0 Å². The van der Waals surface area contributed by atoms with Gasteiger partial charge in [0.05, 0.1) is 11.0 Å². The van der Waals surface area contributed by atoms with E-state index in [4.69, 9.17) is 0 Å². The number of piperidine rings is 1. The van der Waals surface area contributed by atoms with Crippen LogP contribution in [0.5, 0.6) is 0 Å². The van der Waals surface area contributed by atoms with Crippen LogP contribution in [0.2, 0.25) is 0 Å². The molecular weight excluding hydrogens is 270 g/mol. The molecule has 2 atom stereocenters. The van der Waals surface area contributed by atoms with Crippen molar-refractivity contribution >= 4 is 11.4 Å². The van der Waals surface area contributed by atoms with Crippen LogP contribution in [-0.4, -0.2) is 40.7 Å². The first-order chi connectivity index (χ1) is 10.0. The zero-order chi connectivity index (χ0) is 15.4. The van der Waals surface area contributed by atoms with E-state index in [1.54, 1.807) is 6.07 Å². The molecule has 0 aromatic heterocycles. The summed E-state index contributed by atoms with van der Waals surface area (Å²) in [6, 6.07) is 5.15. The summed E-state index contributed by atoms with van der Waals surface area (Å²) in [6.07, 6.45) is 0.632. The molecule has 2 rings (SSSR count). The fraction of sp³-hybridized carbons (Fsp3) is 0.600. The van der Waals surface area contributed by atoms with Crippen molar-refractivity contribution in [1.29, 1.82) is 0 Å². The van der Waals surface area contributed by atoms with Crippen molar-refractivity contribution < 1.29 is 10.0 Å². The number of rotatable bonds is 5. The van der Waals surface area contributed by atoms with Crippen LogP contribution in [0.4, 0.5) is 11.4 Å². The Balaban J connectivity index is 2.19. The van der Waals surface area contributed by atoms with Crippen LogP contribution in [-0.2, 0) is 6.54 Å². The van der Waals surface area contributed by atoms with Crippen LogP contribution in [0.1, 0.15) is 25.8 Å². The summed E-state index contributed by atoms with van der Waals surface area (Å²) in [4.78, 5) is 13.0. The summed E-state index contributed by atoms with van der Waals surface area (Å²) in [5, 5.41) is 24.2. The second kappa shape index (κ2) is 6.87. The van der Waals surface area contributed by atoms with Gasteiger partial charge in [0, 0.05) is 25.7 Å². The van der Waals surface area contributed by atoms with Crippen LogP contribution in [0.3, 0.4) is 0 Å². The summed E-state index contributed by atoms with van der Waals surface area (Å²) in [5.74, 6) is 0.319. The first kappa shape index (κ1) is 15.7. The van der Waals surface area contributed by atoms with Crippen molar-refractivity contribution in [3.8, 4) is 0 Å². The molecule has 0 spiro atoms. The number of nitrogens with zero attached hydrogens (tertiary/aromatic N) is 2. The van der Waals surface area contributed by atoms with Gasteiger partial charge in [0.15, 0.2) is 0 Å². The maximum Gasteiger partial charge on any atom is 0.292 e. The molecule has 1 heterocycles. The van der Waals surface area contributed by atoms with Gasteiger partial charge in [-0.25, -0.2) is 0 Å². The van der Waals surface area contributed by atoms with Gasteiger partial charge in [-0.3, -0.25) is 15.0 Å². The Hall–Kier alpha value is -1.66. The van der Waals surface area contributed by atoms with Gasteiger partial charge in [-0.15, -0.1) is 0 Å². The van der Waals surface area contributed by atoms with E-state index in [0.717, 1.165) is 18.5 Å². The maximum absolute atomic E-state index is 11.1. The smallest absolute Gasteiger partial charge is 0.292 e. The van der Waals surface area contributed by atoms with Gasteiger partial charge in [-0.1, -0.05) is 19.1 Å². The van der Waals surface area contributed by atoms with Gasteiger partial charge >= 0.3 is 0 Å². The lowest BCUT2D eigenvalue weighted by molar-refractivity contribution is -0.384. The lowest BCUT2D eigenvalue weighted by Crippen LogP contribution is -2.42. The van der Waals surface area contributed by atoms with Gasteiger partial charge in [0.25, 0.3) is 5.69 Å². The largest absolute Gasteiger partial charge is 0.392 e. The minimum Gasteiger partial charge on any atom is -0.392 e. The average Bonchev–Trinajstić information content (AvgIpc) is 2.44. The molecule has 1 aromatic carbocycles. The zero-order valence-corrected chi connectivity index (χ0v) is 12.6. The van der Waals surface area contributed by atoms with E-state index in [2.05, 4.69) is 17.1 Å². The molecule has 1 aliphatic heterocycles. The summed E-state index contributed by atoms with van der Waals surface area (Å²) in [7, 11) is 0. The lowest BCUT2D eigenvalue weighted by atomic mass is 9.95. The summed E-state index contributed by atoms with van der Waals surface area (Å²) in [5.41, 5.74) is 1.62. The number of para-hydroxylation sites is 1. The fourth-order valence-corrected chi connectivity index (χ4v) is 2.75. The Morgan fingerprint density at radius 3 is 2.90 bits per heavy atom. The molecule has 1 aliphatic rings. The monoisotopic (exact) mass is 293 g/mol. The molecule has 116 valence electrons. The van der Waals surface area contributed by atoms with Crippen LogP contribution < -0.4 is 5.32 Å².